The van der Waals surface area contributed by atoms with E-state index in [1.165, 1.54) is 6.08 Å². The van der Waals surface area contributed by atoms with Crippen molar-refractivity contribution in [2.45, 2.75) is 103 Å². The molecule has 5 rings (SSSR count). The van der Waals surface area contributed by atoms with Crippen LogP contribution in [0.1, 0.15) is 76.8 Å². The fourth-order valence-electron chi connectivity index (χ4n) is 7.92. The number of benzene rings is 1. The van der Waals surface area contributed by atoms with Crippen LogP contribution < -0.4 is 16.0 Å². The summed E-state index contributed by atoms with van der Waals surface area (Å²) in [4.78, 5) is 68.8. The van der Waals surface area contributed by atoms with Crippen molar-refractivity contribution in [1.82, 2.24) is 20.9 Å². The Bertz CT molecular complexity index is 1300. The van der Waals surface area contributed by atoms with Gasteiger partial charge in [0.2, 0.25) is 17.6 Å². The van der Waals surface area contributed by atoms with Gasteiger partial charge in [0.05, 0.1) is 6.04 Å². The van der Waals surface area contributed by atoms with Crippen molar-refractivity contribution in [3.8, 4) is 0 Å². The zero-order valence-corrected chi connectivity index (χ0v) is 26.8. The van der Waals surface area contributed by atoms with Gasteiger partial charge in [0.1, 0.15) is 18.2 Å². The number of piperidine rings is 1. The van der Waals surface area contributed by atoms with E-state index in [1.54, 1.807) is 4.90 Å². The predicted octanol–water partition coefficient (Wildman–Crippen LogP) is 3.47. The quantitative estimate of drug-likeness (QED) is 0.242. The minimum atomic E-state index is -1.01. The van der Waals surface area contributed by atoms with Crippen LogP contribution in [0.2, 0.25) is 0 Å². The lowest BCUT2D eigenvalue weighted by molar-refractivity contribution is -0.144. The molecular formula is C35H48N4O6. The molecule has 244 valence electrons. The van der Waals surface area contributed by atoms with Gasteiger partial charge in [-0.1, -0.05) is 64.0 Å². The summed E-state index contributed by atoms with van der Waals surface area (Å²) in [5.41, 5.74) is 2.15. The molecule has 0 bridgehead atoms. The second-order valence-electron chi connectivity index (χ2n) is 13.8. The molecule has 2 saturated carbocycles. The van der Waals surface area contributed by atoms with E-state index >= 15 is 0 Å². The van der Waals surface area contributed by atoms with E-state index in [4.69, 9.17) is 4.74 Å². The molecule has 1 aromatic rings. The minimum Gasteiger partial charge on any atom is -0.446 e. The molecule has 0 aromatic heterocycles. The van der Waals surface area contributed by atoms with Gasteiger partial charge in [0.15, 0.2) is 0 Å². The maximum atomic E-state index is 14.5. The first-order chi connectivity index (χ1) is 21.6. The maximum Gasteiger partial charge on any atom is 0.408 e. The van der Waals surface area contributed by atoms with Crippen molar-refractivity contribution in [2.24, 2.45) is 23.2 Å². The Balaban J connectivity index is 1.36. The molecular weight excluding hydrogens is 572 g/mol. The van der Waals surface area contributed by atoms with Crippen molar-refractivity contribution in [2.75, 3.05) is 13.1 Å². The molecule has 3 N–H and O–H groups in total. The monoisotopic (exact) mass is 620 g/mol. The fourth-order valence-corrected chi connectivity index (χ4v) is 7.92. The van der Waals surface area contributed by atoms with Gasteiger partial charge in [-0.2, -0.15) is 0 Å². The van der Waals surface area contributed by atoms with E-state index in [9.17, 15) is 24.0 Å². The lowest BCUT2D eigenvalue weighted by Gasteiger charge is -2.35. The average Bonchev–Trinajstić information content (AvgIpc) is 3.39. The zero-order chi connectivity index (χ0) is 32.3. The van der Waals surface area contributed by atoms with Crippen LogP contribution >= 0.6 is 0 Å². The highest BCUT2D eigenvalue weighted by molar-refractivity contribution is 6.38. The van der Waals surface area contributed by atoms with E-state index in [2.05, 4.69) is 48.5 Å². The largest absolute Gasteiger partial charge is 0.446 e. The number of carbonyl (C=O) groups is 5. The third kappa shape index (κ3) is 6.94. The van der Waals surface area contributed by atoms with Crippen LogP contribution in [0.5, 0.6) is 0 Å². The molecule has 10 heteroatoms. The Morgan fingerprint density at radius 3 is 2.33 bits per heavy atom. The zero-order valence-electron chi connectivity index (χ0n) is 26.8. The standard InChI is InChI=1S/C35H48N4O6/c1-5-12-26(30(40)32(42)36-17-6-2)37-31(41)29-27-25(35(27,3)4)20-39(29)33(43)28(23-18-21-13-10-11-14-22(21)19-23)38-34(44)45-24-15-8-7-9-16-24/h6,10-11,13-14,23-29H,2,5,7-9,12,15-20H2,1,3-4H3,(H,36,42)(H,37,41)(H,38,44)/t25?,26?,27?,28-,29-/m0/s1. The van der Waals surface area contributed by atoms with Crippen LogP contribution in [0, 0.1) is 23.2 Å². The molecule has 45 heavy (non-hydrogen) atoms. The van der Waals surface area contributed by atoms with Gasteiger partial charge < -0.3 is 25.6 Å². The molecule has 10 nitrogen and oxygen atoms in total. The van der Waals surface area contributed by atoms with Crippen LogP contribution in [-0.4, -0.2) is 71.8 Å². The molecule has 4 amide bonds. The van der Waals surface area contributed by atoms with E-state index < -0.39 is 41.8 Å². The van der Waals surface area contributed by atoms with Crippen molar-refractivity contribution < 1.29 is 28.7 Å². The molecule has 0 spiro atoms. The Labute approximate surface area is 266 Å². The lowest BCUT2D eigenvalue weighted by atomic mass is 9.93. The average molecular weight is 621 g/mol. The normalized spacial score (nSPS) is 24.9. The van der Waals surface area contributed by atoms with E-state index in [0.717, 1.165) is 43.2 Å². The second kappa shape index (κ2) is 13.7. The summed E-state index contributed by atoms with van der Waals surface area (Å²) in [5.74, 6) is -2.41. The third-order valence-corrected chi connectivity index (χ3v) is 10.5. The molecule has 1 aliphatic heterocycles. The molecule has 1 aromatic carbocycles. The SMILES string of the molecule is C=CCNC(=O)C(=O)C(CCC)NC(=O)[C@@H]1C2C(CN1C(=O)[C@@H](NC(=O)OC1CCCCC1)C1Cc3ccccc3C1)C2(C)C. The lowest BCUT2D eigenvalue weighted by Crippen LogP contribution is -2.59. The van der Waals surface area contributed by atoms with Gasteiger partial charge in [0, 0.05) is 13.1 Å². The number of hydrogen-bond acceptors (Lipinski definition) is 6. The van der Waals surface area contributed by atoms with Crippen molar-refractivity contribution in [3.05, 3.63) is 48.0 Å². The minimum absolute atomic E-state index is 0.0935. The number of amides is 4. The number of hydrogen-bond donors (Lipinski definition) is 3. The molecule has 3 fully saturated rings. The molecule has 5 atom stereocenters. The summed E-state index contributed by atoms with van der Waals surface area (Å²) >= 11 is 0. The Hall–Kier alpha value is -3.69. The summed E-state index contributed by atoms with van der Waals surface area (Å²) in [7, 11) is 0. The fraction of sp³-hybridized carbons (Fsp3) is 0.629. The van der Waals surface area contributed by atoms with Crippen molar-refractivity contribution in [3.63, 3.8) is 0 Å². The topological polar surface area (TPSA) is 134 Å². The van der Waals surface area contributed by atoms with E-state index in [0.29, 0.717) is 32.2 Å². The number of likely N-dealkylation sites (tertiary alicyclic amines) is 1. The number of nitrogens with zero attached hydrogens (tertiary/aromatic N) is 1. The summed E-state index contributed by atoms with van der Waals surface area (Å²) in [5, 5.41) is 8.27. The third-order valence-electron chi connectivity index (χ3n) is 10.5. The first-order valence-corrected chi connectivity index (χ1v) is 16.6. The van der Waals surface area contributed by atoms with Gasteiger partial charge in [-0.15, -0.1) is 6.58 Å². The number of ketones is 1. The molecule has 4 aliphatic rings. The number of ether oxygens (including phenoxy) is 1. The number of carbonyl (C=O) groups excluding carboxylic acids is 5. The first kappa shape index (κ1) is 32.7. The molecule has 1 heterocycles. The number of rotatable bonds is 12. The van der Waals surface area contributed by atoms with Gasteiger partial charge in [-0.05, 0) is 79.2 Å². The summed E-state index contributed by atoms with van der Waals surface area (Å²) in [6.07, 6.45) is 7.64. The Morgan fingerprint density at radius 2 is 1.71 bits per heavy atom. The number of fused-ring (bicyclic) bond motifs is 2. The predicted molar refractivity (Wildman–Crippen MR) is 169 cm³/mol. The highest BCUT2D eigenvalue weighted by Crippen LogP contribution is 2.65. The smallest absolute Gasteiger partial charge is 0.408 e. The van der Waals surface area contributed by atoms with Gasteiger partial charge >= 0.3 is 6.09 Å². The molecule has 3 aliphatic carbocycles. The van der Waals surface area contributed by atoms with Crippen LogP contribution in [0.3, 0.4) is 0 Å². The number of nitrogens with one attached hydrogen (secondary N) is 3. The van der Waals surface area contributed by atoms with E-state index in [1.807, 2.05) is 19.1 Å². The summed E-state index contributed by atoms with van der Waals surface area (Å²) in [6.45, 7) is 10.1. The summed E-state index contributed by atoms with van der Waals surface area (Å²) < 4.78 is 5.78. The van der Waals surface area contributed by atoms with E-state index in [-0.39, 0.29) is 41.7 Å². The highest BCUT2D eigenvalue weighted by Gasteiger charge is 2.69. The van der Waals surface area contributed by atoms with Crippen molar-refractivity contribution in [1.29, 1.82) is 0 Å². The van der Waals surface area contributed by atoms with Gasteiger partial charge in [-0.3, -0.25) is 19.2 Å². The maximum absolute atomic E-state index is 14.5. The molecule has 1 saturated heterocycles. The van der Waals surface area contributed by atoms with Crippen LogP contribution in [0.4, 0.5) is 4.79 Å². The van der Waals surface area contributed by atoms with Crippen LogP contribution in [-0.2, 0) is 36.8 Å². The Kier molecular flexibility index (Phi) is 9.99. The molecule has 3 unspecified atom stereocenters. The Morgan fingerprint density at radius 1 is 1.04 bits per heavy atom. The summed E-state index contributed by atoms with van der Waals surface area (Å²) in [6, 6.07) is 5.36. The first-order valence-electron chi connectivity index (χ1n) is 16.6. The van der Waals surface area contributed by atoms with Crippen molar-refractivity contribution >= 4 is 29.6 Å². The second-order valence-corrected chi connectivity index (χ2v) is 13.8. The highest BCUT2D eigenvalue weighted by atomic mass is 16.6. The number of alkyl carbamates (subject to hydrolysis) is 1. The van der Waals surface area contributed by atoms with Crippen LogP contribution in [0.25, 0.3) is 0 Å². The molecule has 0 radical (unpaired) electrons. The van der Waals surface area contributed by atoms with Crippen LogP contribution in [0.15, 0.2) is 36.9 Å². The number of Topliss-reactive ketones (excluding diaryl/α,β-unsaturated/α-hetero) is 1. The van der Waals surface area contributed by atoms with Gasteiger partial charge in [0.25, 0.3) is 5.91 Å². The van der Waals surface area contributed by atoms with Gasteiger partial charge in [-0.25, -0.2) is 4.79 Å².